The van der Waals surface area contributed by atoms with Crippen LogP contribution in [0.25, 0.3) is 61.6 Å². The third-order valence-corrected chi connectivity index (χ3v) is 9.67. The van der Waals surface area contributed by atoms with Crippen LogP contribution in [0.15, 0.2) is 138 Å². The van der Waals surface area contributed by atoms with Crippen LogP contribution in [0.3, 0.4) is 0 Å². The maximum atomic E-state index is 6.54. The zero-order valence-corrected chi connectivity index (χ0v) is 30.6. The highest BCUT2D eigenvalue weighted by Gasteiger charge is 2.18. The largest absolute Gasteiger partial charge is 0.456 e. The Bertz CT molecular complexity index is 2290. The van der Waals surface area contributed by atoms with Gasteiger partial charge in [0.05, 0.1) is 0 Å². The van der Waals surface area contributed by atoms with Gasteiger partial charge in [-0.05, 0) is 59.7 Å². The van der Waals surface area contributed by atoms with Gasteiger partial charge < -0.3 is 4.42 Å². The molecule has 0 aliphatic heterocycles. The van der Waals surface area contributed by atoms with Crippen molar-refractivity contribution in [3.63, 3.8) is 0 Å². The zero-order valence-electron chi connectivity index (χ0n) is 29.8. The Morgan fingerprint density at radius 3 is 2.10 bits per heavy atom. The first-order valence-electron chi connectivity index (χ1n) is 17.8. The van der Waals surface area contributed by atoms with Crippen LogP contribution in [-0.4, -0.2) is 15.0 Å². The molecule has 1 aliphatic rings. The smallest absolute Gasteiger partial charge is 0.164 e. The van der Waals surface area contributed by atoms with E-state index in [0.29, 0.717) is 17.5 Å². The Morgan fingerprint density at radius 2 is 1.41 bits per heavy atom. The minimum Gasteiger partial charge on any atom is -0.456 e. The van der Waals surface area contributed by atoms with Gasteiger partial charge in [-0.1, -0.05) is 144 Å². The molecule has 254 valence electrons. The van der Waals surface area contributed by atoms with Crippen molar-refractivity contribution >= 4 is 50.1 Å². The van der Waals surface area contributed by atoms with E-state index in [1.807, 2.05) is 118 Å². The van der Waals surface area contributed by atoms with Gasteiger partial charge in [0.25, 0.3) is 0 Å². The Hall–Kier alpha value is -5.65. The molecular formula is C46H43N3OS. The van der Waals surface area contributed by atoms with Gasteiger partial charge in [-0.25, -0.2) is 15.0 Å². The second-order valence-corrected chi connectivity index (χ2v) is 12.6. The average molecular weight is 686 g/mol. The van der Waals surface area contributed by atoms with Crippen molar-refractivity contribution in [1.82, 2.24) is 15.0 Å². The van der Waals surface area contributed by atoms with Gasteiger partial charge in [-0.2, -0.15) is 0 Å². The molecule has 4 nitrogen and oxygen atoms in total. The lowest BCUT2D eigenvalue weighted by molar-refractivity contribution is 0.600. The number of para-hydroxylation sites is 1. The number of hydrogen-bond acceptors (Lipinski definition) is 5. The molecule has 7 aromatic rings. The number of benzene rings is 4. The van der Waals surface area contributed by atoms with Crippen LogP contribution in [0, 0.1) is 0 Å². The summed E-state index contributed by atoms with van der Waals surface area (Å²) < 4.78 is 7.86. The third kappa shape index (κ3) is 7.74. The number of hydrogen-bond donors (Lipinski definition) is 0. The van der Waals surface area contributed by atoms with Gasteiger partial charge in [-0.3, -0.25) is 0 Å². The van der Waals surface area contributed by atoms with E-state index in [1.54, 1.807) is 6.08 Å². The fourth-order valence-corrected chi connectivity index (χ4v) is 7.28. The minimum absolute atomic E-state index is 0.540. The van der Waals surface area contributed by atoms with Crippen LogP contribution >= 0.6 is 11.3 Å². The molecule has 0 saturated carbocycles. The van der Waals surface area contributed by atoms with Crippen LogP contribution in [0.1, 0.15) is 67.3 Å². The van der Waals surface area contributed by atoms with E-state index in [-0.39, 0.29) is 0 Å². The van der Waals surface area contributed by atoms with Crippen molar-refractivity contribution in [1.29, 1.82) is 0 Å². The first kappa shape index (κ1) is 35.2. The van der Waals surface area contributed by atoms with E-state index in [1.165, 1.54) is 26.1 Å². The van der Waals surface area contributed by atoms with Crippen LogP contribution in [0.5, 0.6) is 0 Å². The second kappa shape index (κ2) is 16.8. The number of nitrogens with zero attached hydrogens (tertiary/aromatic N) is 3. The van der Waals surface area contributed by atoms with E-state index in [9.17, 15) is 0 Å². The standard InChI is InChI=1S/C42H31N3OS.2C2H6/c1-2-29(40-43-41(30-15-7-5-8-16-30)45-42(44-40)31-17-9-6-10-18-31)27-37-34(32-19-13-14-21-36(32)46-37)25-28-23-24-39-35(26-28)33-20-11-3-4-12-22-38(33)47-39;2*1-2/h2-3,5-19,21-24,26-27H,1,4,20,25H2;2*1-2H3/b11-3-,22-12-,29-27+;;. The molecular weight excluding hydrogens is 643 g/mol. The summed E-state index contributed by atoms with van der Waals surface area (Å²) in [5.41, 5.74) is 7.22. The zero-order chi connectivity index (χ0) is 35.6. The summed E-state index contributed by atoms with van der Waals surface area (Å²) in [5, 5.41) is 2.43. The monoisotopic (exact) mass is 685 g/mol. The SMILES string of the molecule is C=C/C(=C\c1oc2ccccc2c1Cc1ccc2sc3c(c2c1)C/C=C\C/C=C\3)c1nc(-c2ccccc2)nc(-c2ccccc2)n1.CC.CC. The molecule has 5 heteroatoms. The fraction of sp³-hybridized carbons (Fsp3) is 0.152. The van der Waals surface area contributed by atoms with Crippen molar-refractivity contribution < 1.29 is 4.42 Å². The Kier molecular flexibility index (Phi) is 11.6. The summed E-state index contributed by atoms with van der Waals surface area (Å²) in [6, 6.07) is 35.1. The molecule has 0 radical (unpaired) electrons. The van der Waals surface area contributed by atoms with Gasteiger partial charge in [0.15, 0.2) is 17.5 Å². The lowest BCUT2D eigenvalue weighted by atomic mass is 9.97. The minimum atomic E-state index is 0.540. The normalized spacial score (nSPS) is 13.5. The van der Waals surface area contributed by atoms with Gasteiger partial charge in [0, 0.05) is 43.6 Å². The highest BCUT2D eigenvalue weighted by molar-refractivity contribution is 7.20. The second-order valence-electron chi connectivity index (χ2n) is 11.5. The number of furan rings is 1. The van der Waals surface area contributed by atoms with Crippen molar-refractivity contribution in [2.75, 3.05) is 0 Å². The highest BCUT2D eigenvalue weighted by Crippen LogP contribution is 2.37. The van der Waals surface area contributed by atoms with Gasteiger partial charge in [-0.15, -0.1) is 11.3 Å². The molecule has 0 bridgehead atoms. The average Bonchev–Trinajstić information content (AvgIpc) is 3.71. The predicted molar refractivity (Wildman–Crippen MR) is 219 cm³/mol. The molecule has 0 spiro atoms. The summed E-state index contributed by atoms with van der Waals surface area (Å²) in [4.78, 5) is 16.1. The number of thiophene rings is 1. The number of aromatic nitrogens is 3. The lowest BCUT2D eigenvalue weighted by Gasteiger charge is -2.09. The molecule has 0 amide bonds. The summed E-state index contributed by atoms with van der Waals surface area (Å²) in [5.74, 6) is 2.53. The van der Waals surface area contributed by atoms with Crippen molar-refractivity contribution in [3.05, 3.63) is 167 Å². The van der Waals surface area contributed by atoms with Crippen molar-refractivity contribution in [3.8, 4) is 22.8 Å². The number of rotatable bonds is 7. The van der Waals surface area contributed by atoms with Crippen molar-refractivity contribution in [2.45, 2.75) is 47.0 Å². The molecule has 0 atom stereocenters. The summed E-state index contributed by atoms with van der Waals surface area (Å²) in [6.45, 7) is 12.2. The Morgan fingerprint density at radius 1 is 0.745 bits per heavy atom. The topological polar surface area (TPSA) is 51.8 Å². The molecule has 51 heavy (non-hydrogen) atoms. The fourth-order valence-electron chi connectivity index (χ4n) is 6.14. The van der Waals surface area contributed by atoms with Crippen LogP contribution in [0.4, 0.5) is 0 Å². The van der Waals surface area contributed by atoms with Crippen LogP contribution < -0.4 is 0 Å². The maximum Gasteiger partial charge on any atom is 0.164 e. The summed E-state index contributed by atoms with van der Waals surface area (Å²) in [7, 11) is 0. The van der Waals surface area contributed by atoms with E-state index in [0.717, 1.165) is 58.3 Å². The Labute approximate surface area is 305 Å². The van der Waals surface area contributed by atoms with Gasteiger partial charge in [0.2, 0.25) is 0 Å². The highest BCUT2D eigenvalue weighted by atomic mass is 32.1. The molecule has 0 fully saturated rings. The third-order valence-electron chi connectivity index (χ3n) is 8.49. The molecule has 0 saturated heterocycles. The summed E-state index contributed by atoms with van der Waals surface area (Å²) in [6.07, 6.45) is 15.5. The van der Waals surface area contributed by atoms with E-state index in [2.05, 4.69) is 61.2 Å². The van der Waals surface area contributed by atoms with Gasteiger partial charge >= 0.3 is 0 Å². The molecule has 0 N–H and O–H groups in total. The molecule has 1 aliphatic carbocycles. The quantitative estimate of drug-likeness (QED) is 0.124. The molecule has 3 aromatic heterocycles. The van der Waals surface area contributed by atoms with E-state index >= 15 is 0 Å². The molecule has 0 unspecified atom stereocenters. The molecule has 8 rings (SSSR count). The lowest BCUT2D eigenvalue weighted by Crippen LogP contribution is -2.02. The van der Waals surface area contributed by atoms with E-state index in [4.69, 9.17) is 19.4 Å². The predicted octanol–water partition coefficient (Wildman–Crippen LogP) is 13.1. The maximum absolute atomic E-state index is 6.54. The van der Waals surface area contributed by atoms with Crippen molar-refractivity contribution in [2.24, 2.45) is 0 Å². The first-order valence-corrected chi connectivity index (χ1v) is 18.6. The number of allylic oxidation sites excluding steroid dienone is 5. The Balaban J connectivity index is 0.00000108. The van der Waals surface area contributed by atoms with Crippen LogP contribution in [0.2, 0.25) is 0 Å². The molecule has 3 heterocycles. The molecule has 4 aromatic carbocycles. The number of fused-ring (bicyclic) bond motifs is 4. The summed E-state index contributed by atoms with van der Waals surface area (Å²) >= 11 is 1.87. The van der Waals surface area contributed by atoms with E-state index < -0.39 is 0 Å². The first-order chi connectivity index (χ1) is 25.2. The van der Waals surface area contributed by atoms with Gasteiger partial charge in [0.1, 0.15) is 11.3 Å². The van der Waals surface area contributed by atoms with Crippen LogP contribution in [-0.2, 0) is 12.8 Å².